The number of amides is 1. The van der Waals surface area contributed by atoms with Crippen LogP contribution in [-0.2, 0) is 4.79 Å². The zero-order valence-corrected chi connectivity index (χ0v) is 12.7. The highest BCUT2D eigenvalue weighted by molar-refractivity contribution is 7.98. The molecule has 5 nitrogen and oxygen atoms in total. The predicted octanol–water partition coefficient (Wildman–Crippen LogP) is 1.64. The summed E-state index contributed by atoms with van der Waals surface area (Å²) < 4.78 is 5.59. The molecular formula is C15H19N3O2S. The molecular weight excluding hydrogens is 286 g/mol. The Labute approximate surface area is 128 Å². The fraction of sp³-hybridized carbons (Fsp3) is 0.333. The molecule has 1 heterocycles. The first-order chi connectivity index (χ1) is 10.2. The van der Waals surface area contributed by atoms with Gasteiger partial charge in [0.2, 0.25) is 0 Å². The van der Waals surface area contributed by atoms with E-state index in [4.69, 9.17) is 10.5 Å². The zero-order valence-electron chi connectivity index (χ0n) is 11.9. The molecule has 1 amide bonds. The van der Waals surface area contributed by atoms with Gasteiger partial charge in [0.05, 0.1) is 12.3 Å². The molecule has 1 atom stereocenters. The molecule has 2 rings (SSSR count). The lowest BCUT2D eigenvalue weighted by molar-refractivity contribution is -0.122. The van der Waals surface area contributed by atoms with Gasteiger partial charge in [-0.15, -0.1) is 0 Å². The number of nitrogens with one attached hydrogen (secondary N) is 1. The average Bonchev–Trinajstić information content (AvgIpc) is 2.52. The first-order valence-corrected chi connectivity index (χ1v) is 8.10. The first kappa shape index (κ1) is 15.6. The minimum atomic E-state index is -0.521. The molecule has 1 aromatic rings. The Morgan fingerprint density at radius 2 is 2.38 bits per heavy atom. The van der Waals surface area contributed by atoms with Gasteiger partial charge < -0.3 is 10.5 Å². The summed E-state index contributed by atoms with van der Waals surface area (Å²) >= 11 is 1.66. The number of hydrogen-bond acceptors (Lipinski definition) is 5. The van der Waals surface area contributed by atoms with E-state index in [-0.39, 0.29) is 5.91 Å². The second-order valence-corrected chi connectivity index (χ2v) is 5.65. The first-order valence-electron chi connectivity index (χ1n) is 6.70. The number of thioether (sulfide) groups is 1. The summed E-state index contributed by atoms with van der Waals surface area (Å²) in [6, 6.07) is 7.26. The second kappa shape index (κ2) is 7.85. The summed E-state index contributed by atoms with van der Waals surface area (Å²) in [5.74, 6) is 1.45. The summed E-state index contributed by atoms with van der Waals surface area (Å²) in [5.41, 5.74) is 10.1. The molecule has 0 saturated carbocycles. The molecule has 3 N–H and O–H groups in total. The van der Waals surface area contributed by atoms with Crippen LogP contribution >= 0.6 is 11.8 Å². The van der Waals surface area contributed by atoms with Crippen LogP contribution in [0.3, 0.4) is 0 Å². The van der Waals surface area contributed by atoms with Crippen molar-refractivity contribution in [3.63, 3.8) is 0 Å². The highest BCUT2D eigenvalue weighted by Gasteiger charge is 2.12. The average molecular weight is 305 g/mol. The molecule has 21 heavy (non-hydrogen) atoms. The minimum Gasteiger partial charge on any atom is -0.488 e. The van der Waals surface area contributed by atoms with Gasteiger partial charge in [-0.05, 0) is 30.6 Å². The summed E-state index contributed by atoms with van der Waals surface area (Å²) in [6.45, 7) is 0.439. The molecule has 0 aliphatic carbocycles. The van der Waals surface area contributed by atoms with E-state index >= 15 is 0 Å². The van der Waals surface area contributed by atoms with Gasteiger partial charge in [-0.3, -0.25) is 4.79 Å². The lowest BCUT2D eigenvalue weighted by Crippen LogP contribution is -2.38. The molecule has 0 saturated heterocycles. The molecule has 0 aromatic heterocycles. The van der Waals surface area contributed by atoms with E-state index in [0.717, 1.165) is 22.6 Å². The molecule has 112 valence electrons. The Kier molecular flexibility index (Phi) is 5.83. The molecule has 1 aliphatic rings. The van der Waals surface area contributed by atoms with Crippen molar-refractivity contribution in [3.05, 3.63) is 35.4 Å². The molecule has 6 heteroatoms. The zero-order chi connectivity index (χ0) is 15.1. The molecule has 0 fully saturated rings. The van der Waals surface area contributed by atoms with Gasteiger partial charge in [0.15, 0.2) is 0 Å². The predicted molar refractivity (Wildman–Crippen MR) is 87.5 cm³/mol. The molecule has 0 spiro atoms. The molecule has 0 bridgehead atoms. The highest BCUT2D eigenvalue weighted by atomic mass is 32.2. The summed E-state index contributed by atoms with van der Waals surface area (Å²) in [5, 5.41) is 3.94. The second-order valence-electron chi connectivity index (χ2n) is 4.67. The molecule has 0 radical (unpaired) electrons. The number of nitrogens with zero attached hydrogens (tertiary/aromatic N) is 1. The third-order valence-corrected chi connectivity index (χ3v) is 3.67. The Hall–Kier alpha value is -1.79. The Morgan fingerprint density at radius 1 is 1.57 bits per heavy atom. The van der Waals surface area contributed by atoms with Crippen molar-refractivity contribution >= 4 is 30.0 Å². The SMILES string of the molecule is CSCC[C@@H](N)C(=O)NN=CC1=Cc2ccccc2OC1. The third kappa shape index (κ3) is 4.61. The van der Waals surface area contributed by atoms with Crippen molar-refractivity contribution in [2.45, 2.75) is 12.5 Å². The maximum absolute atomic E-state index is 11.7. The summed E-state index contributed by atoms with van der Waals surface area (Å²) in [4.78, 5) is 11.7. The number of carbonyl (C=O) groups excluding carboxylic acids is 1. The van der Waals surface area contributed by atoms with Crippen molar-refractivity contribution in [2.24, 2.45) is 10.8 Å². The summed E-state index contributed by atoms with van der Waals surface area (Å²) in [7, 11) is 0. The fourth-order valence-corrected chi connectivity index (χ4v) is 2.34. The van der Waals surface area contributed by atoms with Gasteiger partial charge in [-0.25, -0.2) is 5.43 Å². The van der Waals surface area contributed by atoms with Crippen molar-refractivity contribution in [1.29, 1.82) is 0 Å². The van der Waals surface area contributed by atoms with Crippen LogP contribution in [0.25, 0.3) is 6.08 Å². The summed E-state index contributed by atoms with van der Waals surface area (Å²) in [6.07, 6.45) is 6.20. The molecule has 1 aliphatic heterocycles. The van der Waals surface area contributed by atoms with Crippen LogP contribution < -0.4 is 15.9 Å². The van der Waals surface area contributed by atoms with Crippen LogP contribution in [0, 0.1) is 0 Å². The lowest BCUT2D eigenvalue weighted by atomic mass is 10.1. The number of ether oxygens (including phenoxy) is 1. The van der Waals surface area contributed by atoms with Crippen LogP contribution in [0.1, 0.15) is 12.0 Å². The quantitative estimate of drug-likeness (QED) is 0.619. The van der Waals surface area contributed by atoms with Crippen LogP contribution in [0.15, 0.2) is 34.9 Å². The van der Waals surface area contributed by atoms with Crippen LogP contribution in [-0.4, -0.2) is 36.8 Å². The van der Waals surface area contributed by atoms with Crippen LogP contribution in [0.5, 0.6) is 5.75 Å². The normalized spacial score (nSPS) is 15.0. The van der Waals surface area contributed by atoms with Crippen molar-refractivity contribution < 1.29 is 9.53 Å². The number of hydrogen-bond donors (Lipinski definition) is 2. The van der Waals surface area contributed by atoms with Crippen molar-refractivity contribution in [3.8, 4) is 5.75 Å². The number of fused-ring (bicyclic) bond motifs is 1. The maximum Gasteiger partial charge on any atom is 0.256 e. The van der Waals surface area contributed by atoms with Crippen molar-refractivity contribution in [1.82, 2.24) is 5.43 Å². The Bertz CT molecular complexity index is 558. The standard InChI is InChI=1S/C15H19N3O2S/c1-21-7-6-13(16)15(19)18-17-9-11-8-12-4-2-3-5-14(12)20-10-11/h2-5,8-9,13H,6-7,10,16H2,1H3,(H,18,19)/t13-/m1/s1. The van der Waals surface area contributed by atoms with Gasteiger partial charge in [-0.2, -0.15) is 16.9 Å². The minimum absolute atomic E-state index is 0.266. The number of nitrogens with two attached hydrogens (primary N) is 1. The van der Waals surface area contributed by atoms with Crippen LogP contribution in [0.4, 0.5) is 0 Å². The van der Waals surface area contributed by atoms with Gasteiger partial charge >= 0.3 is 0 Å². The van der Waals surface area contributed by atoms with Crippen molar-refractivity contribution in [2.75, 3.05) is 18.6 Å². The van der Waals surface area contributed by atoms with E-state index in [2.05, 4.69) is 10.5 Å². The third-order valence-electron chi connectivity index (χ3n) is 3.03. The Morgan fingerprint density at radius 3 is 3.19 bits per heavy atom. The lowest BCUT2D eigenvalue weighted by Gasteiger charge is -2.15. The molecule has 0 unspecified atom stereocenters. The van der Waals surface area contributed by atoms with E-state index in [1.807, 2.05) is 36.6 Å². The van der Waals surface area contributed by atoms with E-state index in [9.17, 15) is 4.79 Å². The topological polar surface area (TPSA) is 76.7 Å². The maximum atomic E-state index is 11.7. The Balaban J connectivity index is 1.88. The van der Waals surface area contributed by atoms with Gasteiger partial charge in [0, 0.05) is 11.1 Å². The largest absolute Gasteiger partial charge is 0.488 e. The number of carbonyl (C=O) groups is 1. The van der Waals surface area contributed by atoms with Crippen LogP contribution in [0.2, 0.25) is 0 Å². The number of hydrazone groups is 1. The van der Waals surface area contributed by atoms with Gasteiger partial charge in [0.1, 0.15) is 12.4 Å². The van der Waals surface area contributed by atoms with E-state index in [1.165, 1.54) is 0 Å². The fourth-order valence-electron chi connectivity index (χ4n) is 1.85. The smallest absolute Gasteiger partial charge is 0.256 e. The van der Waals surface area contributed by atoms with E-state index in [1.54, 1.807) is 18.0 Å². The molecule has 1 aromatic carbocycles. The number of rotatable bonds is 6. The monoisotopic (exact) mass is 305 g/mol. The highest BCUT2D eigenvalue weighted by Crippen LogP contribution is 2.24. The number of para-hydroxylation sites is 1. The van der Waals surface area contributed by atoms with Gasteiger partial charge in [0.25, 0.3) is 5.91 Å². The van der Waals surface area contributed by atoms with E-state index < -0.39 is 6.04 Å². The van der Waals surface area contributed by atoms with Gasteiger partial charge in [-0.1, -0.05) is 18.2 Å². The number of benzene rings is 1. The van der Waals surface area contributed by atoms with E-state index in [0.29, 0.717) is 13.0 Å².